The molecule has 7 nitrogen and oxygen atoms in total. The van der Waals surface area contributed by atoms with Gasteiger partial charge in [0.25, 0.3) is 0 Å². The van der Waals surface area contributed by atoms with Gasteiger partial charge in [-0.3, -0.25) is 9.48 Å². The molecule has 1 aliphatic carbocycles. The van der Waals surface area contributed by atoms with Gasteiger partial charge >= 0.3 is 0 Å². The van der Waals surface area contributed by atoms with E-state index in [9.17, 15) is 9.90 Å². The van der Waals surface area contributed by atoms with Gasteiger partial charge in [0.05, 0.1) is 24.3 Å². The van der Waals surface area contributed by atoms with Crippen molar-refractivity contribution in [3.05, 3.63) is 47.8 Å². The minimum atomic E-state index is -0.874. The normalized spacial score (nSPS) is 13.9. The van der Waals surface area contributed by atoms with Gasteiger partial charge in [-0.25, -0.2) is 4.98 Å². The topological polar surface area (TPSA) is 89.3 Å². The summed E-state index contributed by atoms with van der Waals surface area (Å²) in [6.07, 6.45) is 10.5. The fourth-order valence-electron chi connectivity index (χ4n) is 3.95. The highest BCUT2D eigenvalue weighted by Crippen LogP contribution is 2.33. The summed E-state index contributed by atoms with van der Waals surface area (Å²) in [6.45, 7) is 7.88. The number of carbonyl (C=O) groups excluding carboxylic acids is 1. The van der Waals surface area contributed by atoms with Gasteiger partial charge in [0.2, 0.25) is 5.88 Å². The Morgan fingerprint density at radius 1 is 1.21 bits per heavy atom. The highest BCUT2D eigenvalue weighted by atomic mass is 16.5. The van der Waals surface area contributed by atoms with E-state index >= 15 is 0 Å². The van der Waals surface area contributed by atoms with Crippen LogP contribution in [0.5, 0.6) is 5.88 Å². The van der Waals surface area contributed by atoms with Crippen LogP contribution < -0.4 is 10.1 Å². The van der Waals surface area contributed by atoms with E-state index in [1.165, 1.54) is 45.6 Å². The van der Waals surface area contributed by atoms with Crippen molar-refractivity contribution < 1.29 is 14.6 Å². The van der Waals surface area contributed by atoms with Gasteiger partial charge in [0.15, 0.2) is 6.29 Å². The number of hydrogen-bond donors (Lipinski definition) is 2. The molecule has 3 aromatic rings. The van der Waals surface area contributed by atoms with Gasteiger partial charge in [-0.15, -0.1) is 0 Å². The molecule has 1 saturated carbocycles. The maximum Gasteiger partial charge on any atom is 0.213 e. The molecule has 0 radical (unpaired) electrons. The molecule has 0 aliphatic heterocycles. The molecule has 0 unspecified atom stereocenters. The number of ether oxygens (including phenoxy) is 1. The standard InChI is InChI=1S/C17H25N3O.C7H7NO2.C3H8/c1-17(2,21)14-10-15-12(9-16(14)18-3)11-20(19-15)13-7-5-4-6-8-13;1-10-7-4-2-3-6(5-9)8-7;1-3-2/h9-11,13,18,21H,4-8H2,1-3H3;2-5H,1H3;3H2,1-2H3. The third kappa shape index (κ3) is 7.55. The molecule has 0 bridgehead atoms. The molecule has 1 aliphatic rings. The Morgan fingerprint density at radius 3 is 2.44 bits per heavy atom. The van der Waals surface area contributed by atoms with Crippen LogP contribution in [-0.2, 0) is 5.60 Å². The van der Waals surface area contributed by atoms with Crippen molar-refractivity contribution in [2.75, 3.05) is 19.5 Å². The molecule has 0 saturated heterocycles. The largest absolute Gasteiger partial charge is 0.481 e. The van der Waals surface area contributed by atoms with E-state index in [-0.39, 0.29) is 0 Å². The molecular formula is C27H40N4O3. The molecule has 186 valence electrons. The van der Waals surface area contributed by atoms with Crippen molar-refractivity contribution in [3.63, 3.8) is 0 Å². The molecule has 0 spiro atoms. The number of nitrogens with one attached hydrogen (secondary N) is 1. The van der Waals surface area contributed by atoms with Gasteiger partial charge in [-0.1, -0.05) is 45.6 Å². The Kier molecular flexibility index (Phi) is 10.5. The average Bonchev–Trinajstić information content (AvgIpc) is 3.27. The van der Waals surface area contributed by atoms with Crippen molar-refractivity contribution in [1.29, 1.82) is 0 Å². The number of fused-ring (bicyclic) bond motifs is 1. The highest BCUT2D eigenvalue weighted by molar-refractivity contribution is 5.84. The second kappa shape index (κ2) is 13.1. The number of rotatable bonds is 5. The summed E-state index contributed by atoms with van der Waals surface area (Å²) in [4.78, 5) is 14.0. The lowest BCUT2D eigenvalue weighted by atomic mass is 9.95. The van der Waals surface area contributed by atoms with E-state index in [4.69, 9.17) is 9.84 Å². The van der Waals surface area contributed by atoms with Crippen LogP contribution in [-0.4, -0.2) is 40.3 Å². The van der Waals surface area contributed by atoms with Crippen LogP contribution in [0.2, 0.25) is 0 Å². The van der Waals surface area contributed by atoms with Crippen LogP contribution in [0.3, 0.4) is 0 Å². The van der Waals surface area contributed by atoms with Crippen LogP contribution in [0.4, 0.5) is 5.69 Å². The number of carbonyl (C=O) groups is 1. The fourth-order valence-corrected chi connectivity index (χ4v) is 3.95. The number of benzene rings is 1. The second-order valence-corrected chi connectivity index (χ2v) is 9.10. The summed E-state index contributed by atoms with van der Waals surface area (Å²) >= 11 is 0. The third-order valence-corrected chi connectivity index (χ3v) is 5.61. The molecule has 0 amide bonds. The van der Waals surface area contributed by atoms with Crippen molar-refractivity contribution in [3.8, 4) is 5.88 Å². The minimum absolute atomic E-state index is 0.388. The summed E-state index contributed by atoms with van der Waals surface area (Å²) in [7, 11) is 3.40. The monoisotopic (exact) mass is 468 g/mol. The van der Waals surface area contributed by atoms with E-state index in [0.717, 1.165) is 22.2 Å². The lowest BCUT2D eigenvalue weighted by Gasteiger charge is -2.21. The summed E-state index contributed by atoms with van der Waals surface area (Å²) in [5, 5.41) is 19.4. The maximum atomic E-state index is 10.3. The summed E-state index contributed by atoms with van der Waals surface area (Å²) < 4.78 is 6.92. The molecular weight excluding hydrogens is 428 g/mol. The fraction of sp³-hybridized carbons (Fsp3) is 0.519. The van der Waals surface area contributed by atoms with Crippen LogP contribution in [0.15, 0.2) is 36.5 Å². The smallest absolute Gasteiger partial charge is 0.213 e. The van der Waals surface area contributed by atoms with Crippen LogP contribution >= 0.6 is 0 Å². The molecule has 2 N–H and O–H groups in total. The zero-order valence-electron chi connectivity index (χ0n) is 21.5. The van der Waals surface area contributed by atoms with E-state index in [2.05, 4.69) is 41.1 Å². The lowest BCUT2D eigenvalue weighted by molar-refractivity contribution is 0.0794. The van der Waals surface area contributed by atoms with Gasteiger partial charge in [0, 0.05) is 35.9 Å². The summed E-state index contributed by atoms with van der Waals surface area (Å²) in [5.74, 6) is 0.463. The van der Waals surface area contributed by atoms with Gasteiger partial charge < -0.3 is 15.2 Å². The SMILES string of the molecule is CCC.CNc1cc2cn(C3CCCCC3)nc2cc1C(C)(C)O.COc1cccc(C=O)n1. The number of aldehydes is 1. The number of methoxy groups -OCH3 is 1. The van der Waals surface area contributed by atoms with Crippen molar-refractivity contribution >= 4 is 22.9 Å². The second-order valence-electron chi connectivity index (χ2n) is 9.10. The van der Waals surface area contributed by atoms with Crippen LogP contribution in [0, 0.1) is 0 Å². The summed E-state index contributed by atoms with van der Waals surface area (Å²) in [5.41, 5.74) is 2.35. The number of aliphatic hydroxyl groups is 1. The number of nitrogens with zero attached hydrogens (tertiary/aromatic N) is 3. The first-order chi connectivity index (χ1) is 16.3. The first-order valence-electron chi connectivity index (χ1n) is 12.2. The predicted octanol–water partition coefficient (Wildman–Crippen LogP) is 6.13. The van der Waals surface area contributed by atoms with Gasteiger partial charge in [0.1, 0.15) is 5.69 Å². The number of aromatic nitrogens is 3. The van der Waals surface area contributed by atoms with Crippen molar-refractivity contribution in [2.24, 2.45) is 0 Å². The first-order valence-corrected chi connectivity index (χ1v) is 12.2. The van der Waals surface area contributed by atoms with Crippen LogP contribution in [0.1, 0.15) is 88.3 Å². The van der Waals surface area contributed by atoms with Crippen molar-refractivity contribution in [2.45, 2.75) is 77.9 Å². The Morgan fingerprint density at radius 2 is 1.88 bits per heavy atom. The molecule has 7 heteroatoms. The molecule has 1 fully saturated rings. The zero-order valence-corrected chi connectivity index (χ0v) is 21.5. The molecule has 1 aromatic carbocycles. The number of anilines is 1. The highest BCUT2D eigenvalue weighted by Gasteiger charge is 2.22. The molecule has 2 aromatic heterocycles. The molecule has 4 rings (SSSR count). The summed E-state index contributed by atoms with van der Waals surface area (Å²) in [6, 6.07) is 9.67. The predicted molar refractivity (Wildman–Crippen MR) is 139 cm³/mol. The Balaban J connectivity index is 0.000000263. The van der Waals surface area contributed by atoms with E-state index in [1.807, 2.05) is 27.0 Å². The van der Waals surface area contributed by atoms with E-state index < -0.39 is 5.60 Å². The first kappa shape index (κ1) is 27.3. The Labute approximate surface area is 203 Å². The Bertz CT molecular complexity index is 1030. The lowest BCUT2D eigenvalue weighted by Crippen LogP contribution is -2.17. The molecule has 2 heterocycles. The molecule has 34 heavy (non-hydrogen) atoms. The van der Waals surface area contributed by atoms with Crippen molar-refractivity contribution in [1.82, 2.24) is 14.8 Å². The van der Waals surface area contributed by atoms with E-state index in [1.54, 1.807) is 18.2 Å². The molecule has 0 atom stereocenters. The van der Waals surface area contributed by atoms with E-state index in [0.29, 0.717) is 23.9 Å². The Hall–Kier alpha value is -2.93. The minimum Gasteiger partial charge on any atom is -0.481 e. The zero-order chi connectivity index (χ0) is 25.1. The van der Waals surface area contributed by atoms with Gasteiger partial charge in [-0.05, 0) is 44.9 Å². The quantitative estimate of drug-likeness (QED) is 0.438. The maximum absolute atomic E-state index is 10.3. The third-order valence-electron chi connectivity index (χ3n) is 5.61. The number of hydrogen-bond acceptors (Lipinski definition) is 6. The number of pyridine rings is 1. The van der Waals surface area contributed by atoms with Crippen LogP contribution in [0.25, 0.3) is 10.9 Å². The average molecular weight is 469 g/mol. The van der Waals surface area contributed by atoms with Gasteiger partial charge in [-0.2, -0.15) is 5.10 Å².